The standard InChI is InChI=1S/C17H20N6O2S2/c1-22-16(23-7-9-25-10-8-23)20-21-17(22)27-12-15(24)19-13-4-2-3-5-14(13)26-11-6-18/h2-5H,7-12H2,1H3,(H,19,24). The van der Waals surface area contributed by atoms with E-state index in [0.29, 0.717) is 24.1 Å². The number of anilines is 2. The molecule has 1 aromatic heterocycles. The predicted octanol–water partition coefficient (Wildman–Crippen LogP) is 2.00. The molecule has 10 heteroatoms. The summed E-state index contributed by atoms with van der Waals surface area (Å²) < 4.78 is 7.26. The van der Waals surface area contributed by atoms with Gasteiger partial charge in [-0.15, -0.1) is 22.0 Å². The molecule has 0 radical (unpaired) electrons. The van der Waals surface area contributed by atoms with Crippen LogP contribution in [0.25, 0.3) is 0 Å². The fraction of sp³-hybridized carbons (Fsp3) is 0.412. The summed E-state index contributed by atoms with van der Waals surface area (Å²) in [6.45, 7) is 2.93. The quantitative estimate of drug-likeness (QED) is 0.700. The Hall–Kier alpha value is -2.22. The molecule has 1 saturated heterocycles. The van der Waals surface area contributed by atoms with Crippen LogP contribution in [0.2, 0.25) is 0 Å². The third-order valence-electron chi connectivity index (χ3n) is 3.89. The van der Waals surface area contributed by atoms with Gasteiger partial charge in [-0.25, -0.2) is 0 Å². The molecule has 27 heavy (non-hydrogen) atoms. The molecule has 1 N–H and O–H groups in total. The largest absolute Gasteiger partial charge is 0.378 e. The van der Waals surface area contributed by atoms with E-state index in [1.807, 2.05) is 35.9 Å². The molecule has 0 saturated carbocycles. The van der Waals surface area contributed by atoms with Crippen LogP contribution < -0.4 is 10.2 Å². The van der Waals surface area contributed by atoms with Gasteiger partial charge in [-0.1, -0.05) is 23.9 Å². The Kier molecular flexibility index (Phi) is 6.98. The Balaban J connectivity index is 1.57. The number of thioether (sulfide) groups is 2. The third-order valence-corrected chi connectivity index (χ3v) is 5.85. The van der Waals surface area contributed by atoms with Crippen molar-refractivity contribution >= 4 is 41.1 Å². The highest BCUT2D eigenvalue weighted by atomic mass is 32.2. The maximum absolute atomic E-state index is 12.3. The van der Waals surface area contributed by atoms with Gasteiger partial charge in [0.25, 0.3) is 0 Å². The highest BCUT2D eigenvalue weighted by Gasteiger charge is 2.19. The number of nitrogens with one attached hydrogen (secondary N) is 1. The van der Waals surface area contributed by atoms with E-state index in [1.54, 1.807) is 0 Å². The van der Waals surface area contributed by atoms with Crippen LogP contribution in [0.1, 0.15) is 0 Å². The number of hydrogen-bond acceptors (Lipinski definition) is 8. The van der Waals surface area contributed by atoms with E-state index >= 15 is 0 Å². The minimum absolute atomic E-state index is 0.124. The Morgan fingerprint density at radius 1 is 1.30 bits per heavy atom. The molecule has 1 aliphatic heterocycles. The molecular formula is C17H20N6O2S2. The van der Waals surface area contributed by atoms with Crippen LogP contribution in [0, 0.1) is 11.3 Å². The number of nitrogens with zero attached hydrogens (tertiary/aromatic N) is 5. The molecule has 1 aromatic carbocycles. The summed E-state index contributed by atoms with van der Waals surface area (Å²) in [5, 5.41) is 20.8. The zero-order chi connectivity index (χ0) is 19.1. The number of rotatable bonds is 7. The first-order valence-corrected chi connectivity index (χ1v) is 10.4. The first-order valence-electron chi connectivity index (χ1n) is 8.42. The number of carbonyl (C=O) groups excluding carboxylic acids is 1. The second-order valence-electron chi connectivity index (χ2n) is 5.72. The van der Waals surface area contributed by atoms with E-state index in [-0.39, 0.29) is 11.7 Å². The van der Waals surface area contributed by atoms with Crippen molar-refractivity contribution in [2.45, 2.75) is 10.1 Å². The van der Waals surface area contributed by atoms with Crippen LogP contribution in [-0.2, 0) is 16.6 Å². The van der Waals surface area contributed by atoms with Gasteiger partial charge < -0.3 is 15.0 Å². The first kappa shape index (κ1) is 19.5. The number of amides is 1. The number of hydrogen-bond donors (Lipinski definition) is 1. The number of morpholine rings is 1. The summed E-state index contributed by atoms with van der Waals surface area (Å²) in [6.07, 6.45) is 0. The molecule has 2 aromatic rings. The molecule has 0 bridgehead atoms. The van der Waals surface area contributed by atoms with Crippen LogP contribution in [0.15, 0.2) is 34.3 Å². The average molecular weight is 405 g/mol. The van der Waals surface area contributed by atoms with Crippen LogP contribution in [-0.4, -0.2) is 58.5 Å². The third kappa shape index (κ3) is 5.15. The fourth-order valence-corrected chi connectivity index (χ4v) is 3.97. The minimum atomic E-state index is -0.124. The average Bonchev–Trinajstić information content (AvgIpc) is 3.07. The van der Waals surface area contributed by atoms with Crippen molar-refractivity contribution < 1.29 is 9.53 Å². The van der Waals surface area contributed by atoms with E-state index in [0.717, 1.165) is 29.6 Å². The number of para-hydroxylation sites is 1. The van der Waals surface area contributed by atoms with Gasteiger partial charge in [0.2, 0.25) is 11.9 Å². The van der Waals surface area contributed by atoms with E-state index in [4.69, 9.17) is 10.00 Å². The molecule has 0 spiro atoms. The zero-order valence-electron chi connectivity index (χ0n) is 14.9. The summed E-state index contributed by atoms with van der Waals surface area (Å²) >= 11 is 2.74. The lowest BCUT2D eigenvalue weighted by molar-refractivity contribution is -0.113. The van der Waals surface area contributed by atoms with E-state index in [2.05, 4.69) is 26.5 Å². The Morgan fingerprint density at radius 2 is 2.07 bits per heavy atom. The van der Waals surface area contributed by atoms with Gasteiger partial charge in [-0.2, -0.15) is 5.26 Å². The van der Waals surface area contributed by atoms with Gasteiger partial charge >= 0.3 is 0 Å². The van der Waals surface area contributed by atoms with Gasteiger partial charge in [0, 0.05) is 25.0 Å². The lowest BCUT2D eigenvalue weighted by atomic mass is 10.3. The molecule has 0 unspecified atom stereocenters. The monoisotopic (exact) mass is 404 g/mol. The summed E-state index contributed by atoms with van der Waals surface area (Å²) in [5.74, 6) is 1.23. The topological polar surface area (TPSA) is 96.1 Å². The van der Waals surface area contributed by atoms with Crippen molar-refractivity contribution in [2.24, 2.45) is 7.05 Å². The highest BCUT2D eigenvalue weighted by Crippen LogP contribution is 2.27. The SMILES string of the molecule is Cn1c(SCC(=O)Nc2ccccc2SCC#N)nnc1N1CCOCC1. The van der Waals surface area contributed by atoms with Crippen molar-refractivity contribution in [1.82, 2.24) is 14.8 Å². The summed E-state index contributed by atoms with van der Waals surface area (Å²) in [7, 11) is 1.90. The number of aromatic nitrogens is 3. The van der Waals surface area contributed by atoms with Gasteiger partial charge in [-0.3, -0.25) is 9.36 Å². The Morgan fingerprint density at radius 3 is 2.85 bits per heavy atom. The highest BCUT2D eigenvalue weighted by molar-refractivity contribution is 8.00. The molecule has 0 atom stereocenters. The fourth-order valence-electron chi connectivity index (χ4n) is 2.59. The molecule has 0 aliphatic carbocycles. The van der Waals surface area contributed by atoms with Gasteiger partial charge in [-0.05, 0) is 12.1 Å². The summed E-state index contributed by atoms with van der Waals surface area (Å²) in [4.78, 5) is 15.3. The first-order chi connectivity index (χ1) is 13.2. The van der Waals surface area contributed by atoms with Crippen LogP contribution in [0.4, 0.5) is 11.6 Å². The minimum Gasteiger partial charge on any atom is -0.378 e. The molecule has 142 valence electrons. The van der Waals surface area contributed by atoms with Gasteiger partial charge in [0.05, 0.1) is 36.5 Å². The molecule has 3 rings (SSSR count). The predicted molar refractivity (Wildman–Crippen MR) is 106 cm³/mol. The zero-order valence-corrected chi connectivity index (χ0v) is 16.6. The lowest BCUT2D eigenvalue weighted by Crippen LogP contribution is -2.37. The van der Waals surface area contributed by atoms with Crippen LogP contribution >= 0.6 is 23.5 Å². The lowest BCUT2D eigenvalue weighted by Gasteiger charge is -2.27. The molecule has 1 aliphatic rings. The Labute approximate surface area is 166 Å². The van der Waals surface area contributed by atoms with Gasteiger partial charge in [0.1, 0.15) is 0 Å². The van der Waals surface area contributed by atoms with Crippen molar-refractivity contribution in [3.63, 3.8) is 0 Å². The smallest absolute Gasteiger partial charge is 0.234 e. The number of nitriles is 1. The molecular weight excluding hydrogens is 384 g/mol. The van der Waals surface area contributed by atoms with E-state index in [1.165, 1.54) is 23.5 Å². The van der Waals surface area contributed by atoms with Gasteiger partial charge in [0.15, 0.2) is 5.16 Å². The molecule has 8 nitrogen and oxygen atoms in total. The number of carbonyl (C=O) groups is 1. The molecule has 1 fully saturated rings. The molecule has 1 amide bonds. The van der Waals surface area contributed by atoms with E-state index < -0.39 is 0 Å². The maximum Gasteiger partial charge on any atom is 0.234 e. The number of ether oxygens (including phenoxy) is 1. The van der Waals surface area contributed by atoms with Crippen molar-refractivity contribution in [1.29, 1.82) is 5.26 Å². The van der Waals surface area contributed by atoms with Crippen molar-refractivity contribution in [2.75, 3.05) is 48.0 Å². The van der Waals surface area contributed by atoms with Crippen LogP contribution in [0.5, 0.6) is 0 Å². The maximum atomic E-state index is 12.3. The number of benzene rings is 1. The second kappa shape index (κ2) is 9.64. The van der Waals surface area contributed by atoms with Crippen molar-refractivity contribution in [3.8, 4) is 6.07 Å². The normalized spacial score (nSPS) is 14.0. The van der Waals surface area contributed by atoms with E-state index in [9.17, 15) is 4.79 Å². The summed E-state index contributed by atoms with van der Waals surface area (Å²) in [5.41, 5.74) is 0.718. The van der Waals surface area contributed by atoms with Crippen molar-refractivity contribution in [3.05, 3.63) is 24.3 Å². The van der Waals surface area contributed by atoms with Crippen LogP contribution in [0.3, 0.4) is 0 Å². The second-order valence-corrected chi connectivity index (χ2v) is 7.68. The Bertz CT molecular complexity index is 829. The molecule has 2 heterocycles. The summed E-state index contributed by atoms with van der Waals surface area (Å²) in [6, 6.07) is 9.56.